The maximum absolute atomic E-state index is 5.97. The van der Waals surface area contributed by atoms with E-state index in [2.05, 4.69) is 9.97 Å². The molecule has 0 amide bonds. The number of fused-ring (bicyclic) bond motifs is 1. The summed E-state index contributed by atoms with van der Waals surface area (Å²) in [7, 11) is 1.64. The summed E-state index contributed by atoms with van der Waals surface area (Å²) in [6.45, 7) is 2.34. The highest BCUT2D eigenvalue weighted by atomic mass is 16.5. The Morgan fingerprint density at radius 1 is 1.14 bits per heavy atom. The van der Waals surface area contributed by atoms with Crippen LogP contribution in [0.2, 0.25) is 0 Å². The fraction of sp³-hybridized carbons (Fsp3) is 0.176. The summed E-state index contributed by atoms with van der Waals surface area (Å²) in [5.41, 5.74) is 8.73. The predicted octanol–water partition coefficient (Wildman–Crippen LogP) is 3.11. The molecule has 0 aliphatic heterocycles. The van der Waals surface area contributed by atoms with E-state index >= 15 is 0 Å². The first-order chi connectivity index (χ1) is 10.7. The molecule has 0 aliphatic carbocycles. The molecule has 0 fully saturated rings. The van der Waals surface area contributed by atoms with Crippen molar-refractivity contribution in [2.45, 2.75) is 13.5 Å². The lowest BCUT2D eigenvalue weighted by Gasteiger charge is -2.10. The Kier molecular flexibility index (Phi) is 3.78. The third-order valence-electron chi connectivity index (χ3n) is 3.38. The Bertz CT molecular complexity index is 801. The molecule has 3 aromatic rings. The van der Waals surface area contributed by atoms with Gasteiger partial charge in [-0.25, -0.2) is 4.98 Å². The molecule has 0 atom stereocenters. The van der Waals surface area contributed by atoms with E-state index in [1.165, 1.54) is 0 Å². The Hall–Kier alpha value is -2.82. The first kappa shape index (κ1) is 14.1. The van der Waals surface area contributed by atoms with Crippen molar-refractivity contribution in [3.8, 4) is 11.5 Å². The van der Waals surface area contributed by atoms with Gasteiger partial charge in [0, 0.05) is 17.3 Å². The lowest BCUT2D eigenvalue weighted by molar-refractivity contribution is 0.307. The smallest absolute Gasteiger partial charge is 0.166 e. The number of nitrogens with zero attached hydrogens (tertiary/aromatic N) is 2. The fourth-order valence-electron chi connectivity index (χ4n) is 2.16. The summed E-state index contributed by atoms with van der Waals surface area (Å²) < 4.78 is 10.9. The van der Waals surface area contributed by atoms with Crippen molar-refractivity contribution >= 4 is 16.7 Å². The van der Waals surface area contributed by atoms with Gasteiger partial charge in [0.1, 0.15) is 12.4 Å². The SMILES string of the molecule is COc1ccc(COc2cc3cnc(C)cc3nc2N)cc1. The minimum atomic E-state index is 0.381. The molecule has 22 heavy (non-hydrogen) atoms. The zero-order valence-corrected chi connectivity index (χ0v) is 12.5. The maximum atomic E-state index is 5.97. The van der Waals surface area contributed by atoms with Crippen LogP contribution in [0.3, 0.4) is 0 Å². The number of benzene rings is 1. The van der Waals surface area contributed by atoms with E-state index in [9.17, 15) is 0 Å². The third-order valence-corrected chi connectivity index (χ3v) is 3.38. The van der Waals surface area contributed by atoms with Crippen molar-refractivity contribution in [3.63, 3.8) is 0 Å². The molecule has 112 valence electrons. The standard InChI is InChI=1S/C17H17N3O2/c1-11-7-15-13(9-19-11)8-16(17(18)20-15)22-10-12-3-5-14(21-2)6-4-12/h3-9H,10H2,1-2H3,(H2,18,20). The number of methoxy groups -OCH3 is 1. The molecule has 0 bridgehead atoms. The molecule has 2 heterocycles. The number of nitrogen functional groups attached to an aromatic ring is 1. The van der Waals surface area contributed by atoms with Gasteiger partial charge < -0.3 is 15.2 Å². The van der Waals surface area contributed by atoms with Gasteiger partial charge in [0.25, 0.3) is 0 Å². The van der Waals surface area contributed by atoms with Crippen LogP contribution < -0.4 is 15.2 Å². The summed E-state index contributed by atoms with van der Waals surface area (Å²) in [5, 5.41) is 0.907. The summed E-state index contributed by atoms with van der Waals surface area (Å²) in [6, 6.07) is 11.5. The minimum Gasteiger partial charge on any atom is -0.497 e. The molecule has 0 saturated carbocycles. The molecule has 5 heteroatoms. The van der Waals surface area contributed by atoms with Crippen molar-refractivity contribution in [1.82, 2.24) is 9.97 Å². The molecule has 3 rings (SSSR count). The van der Waals surface area contributed by atoms with E-state index in [1.807, 2.05) is 43.3 Å². The molecule has 0 spiro atoms. The van der Waals surface area contributed by atoms with Crippen LogP contribution >= 0.6 is 0 Å². The van der Waals surface area contributed by atoms with E-state index in [-0.39, 0.29) is 0 Å². The van der Waals surface area contributed by atoms with Gasteiger partial charge >= 0.3 is 0 Å². The molecule has 1 aromatic carbocycles. The number of rotatable bonds is 4. The highest BCUT2D eigenvalue weighted by Gasteiger charge is 2.06. The van der Waals surface area contributed by atoms with Gasteiger partial charge in [-0.05, 0) is 36.8 Å². The first-order valence-corrected chi connectivity index (χ1v) is 6.94. The van der Waals surface area contributed by atoms with Crippen LogP contribution in [0.25, 0.3) is 10.9 Å². The highest BCUT2D eigenvalue weighted by molar-refractivity contribution is 5.82. The zero-order chi connectivity index (χ0) is 15.5. The number of aromatic nitrogens is 2. The Balaban J connectivity index is 1.80. The van der Waals surface area contributed by atoms with Crippen LogP contribution in [0, 0.1) is 6.92 Å². The van der Waals surface area contributed by atoms with Crippen molar-refractivity contribution in [1.29, 1.82) is 0 Å². The van der Waals surface area contributed by atoms with E-state index in [1.54, 1.807) is 13.3 Å². The number of ether oxygens (including phenoxy) is 2. The van der Waals surface area contributed by atoms with Crippen molar-refractivity contribution in [3.05, 3.63) is 53.9 Å². The monoisotopic (exact) mass is 295 g/mol. The third kappa shape index (κ3) is 2.93. The second-order valence-corrected chi connectivity index (χ2v) is 5.03. The molecule has 2 aromatic heterocycles. The normalized spacial score (nSPS) is 10.6. The van der Waals surface area contributed by atoms with Gasteiger partial charge in [0.15, 0.2) is 11.6 Å². The molecule has 5 nitrogen and oxygen atoms in total. The van der Waals surface area contributed by atoms with Gasteiger partial charge in [-0.2, -0.15) is 0 Å². The molecule has 0 radical (unpaired) electrons. The number of anilines is 1. The maximum Gasteiger partial charge on any atom is 0.166 e. The average molecular weight is 295 g/mol. The Labute approximate surface area is 128 Å². The van der Waals surface area contributed by atoms with Crippen LogP contribution in [0.4, 0.5) is 5.82 Å². The number of hydrogen-bond donors (Lipinski definition) is 1. The van der Waals surface area contributed by atoms with Gasteiger partial charge in [0.2, 0.25) is 0 Å². The molecule has 2 N–H and O–H groups in total. The number of pyridine rings is 2. The van der Waals surface area contributed by atoms with Gasteiger partial charge in [0.05, 0.1) is 12.6 Å². The molecular formula is C17H17N3O2. The van der Waals surface area contributed by atoms with E-state index in [0.29, 0.717) is 18.2 Å². The van der Waals surface area contributed by atoms with E-state index < -0.39 is 0 Å². The topological polar surface area (TPSA) is 70.3 Å². The minimum absolute atomic E-state index is 0.381. The van der Waals surface area contributed by atoms with Crippen molar-refractivity contribution in [2.75, 3.05) is 12.8 Å². The Morgan fingerprint density at radius 2 is 1.91 bits per heavy atom. The molecular weight excluding hydrogens is 278 g/mol. The second kappa shape index (κ2) is 5.89. The summed E-state index contributed by atoms with van der Waals surface area (Å²) in [5.74, 6) is 1.76. The number of aryl methyl sites for hydroxylation is 1. The summed E-state index contributed by atoms with van der Waals surface area (Å²) in [4.78, 5) is 8.63. The lowest BCUT2D eigenvalue weighted by Crippen LogP contribution is -2.01. The van der Waals surface area contributed by atoms with Crippen molar-refractivity contribution < 1.29 is 9.47 Å². The first-order valence-electron chi connectivity index (χ1n) is 6.94. The van der Waals surface area contributed by atoms with Crippen LogP contribution in [-0.4, -0.2) is 17.1 Å². The summed E-state index contributed by atoms with van der Waals surface area (Å²) >= 11 is 0. The Morgan fingerprint density at radius 3 is 2.64 bits per heavy atom. The fourth-order valence-corrected chi connectivity index (χ4v) is 2.16. The molecule has 0 aliphatic rings. The van der Waals surface area contributed by atoms with E-state index in [0.717, 1.165) is 27.9 Å². The summed E-state index contributed by atoms with van der Waals surface area (Å²) in [6.07, 6.45) is 1.78. The number of nitrogens with two attached hydrogens (primary N) is 1. The van der Waals surface area contributed by atoms with E-state index in [4.69, 9.17) is 15.2 Å². The van der Waals surface area contributed by atoms with Crippen LogP contribution in [0.15, 0.2) is 42.6 Å². The second-order valence-electron chi connectivity index (χ2n) is 5.03. The largest absolute Gasteiger partial charge is 0.497 e. The van der Waals surface area contributed by atoms with Gasteiger partial charge in [-0.15, -0.1) is 0 Å². The lowest BCUT2D eigenvalue weighted by atomic mass is 10.2. The van der Waals surface area contributed by atoms with Crippen molar-refractivity contribution in [2.24, 2.45) is 0 Å². The molecule has 0 unspecified atom stereocenters. The zero-order valence-electron chi connectivity index (χ0n) is 12.5. The van der Waals surface area contributed by atoms with Crippen LogP contribution in [-0.2, 0) is 6.61 Å². The predicted molar refractivity (Wildman–Crippen MR) is 86.0 cm³/mol. The number of hydrogen-bond acceptors (Lipinski definition) is 5. The van der Waals surface area contributed by atoms with Crippen LogP contribution in [0.1, 0.15) is 11.3 Å². The quantitative estimate of drug-likeness (QED) is 0.801. The van der Waals surface area contributed by atoms with Crippen LogP contribution in [0.5, 0.6) is 11.5 Å². The average Bonchev–Trinajstić information content (AvgIpc) is 2.53. The highest BCUT2D eigenvalue weighted by Crippen LogP contribution is 2.26. The van der Waals surface area contributed by atoms with Gasteiger partial charge in [-0.1, -0.05) is 12.1 Å². The molecule has 0 saturated heterocycles. The van der Waals surface area contributed by atoms with Gasteiger partial charge in [-0.3, -0.25) is 4.98 Å².